The van der Waals surface area contributed by atoms with E-state index < -0.39 is 0 Å². The lowest BCUT2D eigenvalue weighted by molar-refractivity contribution is 0.660. The van der Waals surface area contributed by atoms with Crippen molar-refractivity contribution in [2.75, 3.05) is 4.90 Å². The SMILES string of the molecule is CC1(C)c2ccccc2-c2c(N(c3ccc(-c4cc5ccc6ccccc6c5c5ccccc45)cc3)c3ccccc3-c3ccccc3)cccc21. The molecule has 1 heteroatoms. The fraction of sp³-hybridized carbons (Fsp3) is 0.0588. The lowest BCUT2D eigenvalue weighted by atomic mass is 9.82. The highest BCUT2D eigenvalue weighted by molar-refractivity contribution is 6.23. The molecule has 0 aromatic heterocycles. The molecule has 52 heavy (non-hydrogen) atoms. The van der Waals surface area contributed by atoms with E-state index >= 15 is 0 Å². The van der Waals surface area contributed by atoms with Gasteiger partial charge in [-0.05, 0) is 96.0 Å². The Morgan fingerprint density at radius 1 is 0.385 bits per heavy atom. The molecule has 9 aromatic rings. The van der Waals surface area contributed by atoms with Crippen LogP contribution in [0.15, 0.2) is 188 Å². The van der Waals surface area contributed by atoms with Crippen LogP contribution in [0.2, 0.25) is 0 Å². The van der Waals surface area contributed by atoms with Crippen molar-refractivity contribution in [3.63, 3.8) is 0 Å². The average molecular weight is 664 g/mol. The van der Waals surface area contributed by atoms with Crippen LogP contribution < -0.4 is 4.90 Å². The number of benzene rings is 9. The number of hydrogen-bond acceptors (Lipinski definition) is 1. The molecule has 1 nitrogen and oxygen atoms in total. The molecular formula is C51H37N. The van der Waals surface area contributed by atoms with Crippen LogP contribution >= 0.6 is 0 Å². The van der Waals surface area contributed by atoms with Gasteiger partial charge in [0.15, 0.2) is 0 Å². The molecule has 9 aromatic carbocycles. The largest absolute Gasteiger partial charge is 0.309 e. The number of rotatable bonds is 5. The van der Waals surface area contributed by atoms with E-state index in [9.17, 15) is 0 Å². The van der Waals surface area contributed by atoms with Crippen molar-refractivity contribution >= 4 is 49.4 Å². The first-order chi connectivity index (χ1) is 25.6. The molecule has 0 aliphatic heterocycles. The molecule has 0 unspecified atom stereocenters. The first-order valence-corrected chi connectivity index (χ1v) is 18.2. The number of anilines is 3. The highest BCUT2D eigenvalue weighted by Gasteiger charge is 2.37. The zero-order chi connectivity index (χ0) is 34.8. The van der Waals surface area contributed by atoms with Crippen LogP contribution in [0.3, 0.4) is 0 Å². The molecule has 0 bridgehead atoms. The van der Waals surface area contributed by atoms with Gasteiger partial charge in [0.25, 0.3) is 0 Å². The van der Waals surface area contributed by atoms with E-state index in [2.05, 4.69) is 207 Å². The molecule has 0 atom stereocenters. The van der Waals surface area contributed by atoms with Crippen LogP contribution in [-0.2, 0) is 5.41 Å². The molecule has 0 amide bonds. The Balaban J connectivity index is 1.19. The minimum atomic E-state index is -0.0983. The number of hydrogen-bond donors (Lipinski definition) is 0. The maximum atomic E-state index is 2.48. The molecule has 0 spiro atoms. The molecule has 0 saturated carbocycles. The summed E-state index contributed by atoms with van der Waals surface area (Å²) in [4.78, 5) is 2.48. The molecule has 0 saturated heterocycles. The van der Waals surface area contributed by atoms with E-state index in [1.54, 1.807) is 0 Å². The molecule has 1 aliphatic carbocycles. The molecule has 0 N–H and O–H groups in total. The quantitative estimate of drug-likeness (QED) is 0.166. The van der Waals surface area contributed by atoms with E-state index in [-0.39, 0.29) is 5.41 Å². The van der Waals surface area contributed by atoms with Crippen molar-refractivity contribution in [2.45, 2.75) is 19.3 Å². The molecule has 0 radical (unpaired) electrons. The number of para-hydroxylation sites is 1. The zero-order valence-corrected chi connectivity index (χ0v) is 29.3. The Bertz CT molecular complexity index is 2810. The van der Waals surface area contributed by atoms with Gasteiger partial charge in [-0.25, -0.2) is 0 Å². The van der Waals surface area contributed by atoms with Gasteiger partial charge >= 0.3 is 0 Å². The Labute approximate surface area is 305 Å². The molecule has 1 aliphatic rings. The minimum absolute atomic E-state index is 0.0983. The Morgan fingerprint density at radius 3 is 1.81 bits per heavy atom. The second-order valence-corrected chi connectivity index (χ2v) is 14.5. The number of fused-ring (bicyclic) bond motifs is 8. The van der Waals surface area contributed by atoms with Crippen LogP contribution in [0, 0.1) is 0 Å². The summed E-state index contributed by atoms with van der Waals surface area (Å²) in [6.45, 7) is 4.71. The fourth-order valence-corrected chi connectivity index (χ4v) is 8.77. The van der Waals surface area contributed by atoms with Crippen LogP contribution in [0.4, 0.5) is 17.1 Å². The van der Waals surface area contributed by atoms with E-state index in [1.807, 2.05) is 0 Å². The van der Waals surface area contributed by atoms with Crippen LogP contribution in [0.25, 0.3) is 65.7 Å². The Kier molecular flexibility index (Phi) is 6.91. The van der Waals surface area contributed by atoms with Gasteiger partial charge in [0.2, 0.25) is 0 Å². The van der Waals surface area contributed by atoms with Crippen LogP contribution in [0.5, 0.6) is 0 Å². The van der Waals surface area contributed by atoms with Gasteiger partial charge < -0.3 is 4.90 Å². The summed E-state index contributed by atoms with van der Waals surface area (Å²) in [7, 11) is 0. The fourth-order valence-electron chi connectivity index (χ4n) is 8.77. The van der Waals surface area contributed by atoms with Gasteiger partial charge in [0.1, 0.15) is 0 Å². The first-order valence-electron chi connectivity index (χ1n) is 18.2. The standard InChI is InChI=1S/C51H37N/c1-51(2)45-23-12-10-22-43(45)50-46(51)24-14-26-48(50)52(47-25-13-11-18-39(47)34-15-4-3-5-16-34)38-31-29-36(30-32-38)44-33-37-28-27-35-17-6-7-19-40(35)49(37)42-21-9-8-20-41(42)44/h3-33H,1-2H3. The predicted octanol–water partition coefficient (Wildman–Crippen LogP) is 14.3. The third-order valence-corrected chi connectivity index (χ3v) is 11.2. The van der Waals surface area contributed by atoms with Crippen molar-refractivity contribution in [3.8, 4) is 33.4 Å². The van der Waals surface area contributed by atoms with E-state index in [4.69, 9.17) is 0 Å². The lowest BCUT2D eigenvalue weighted by Crippen LogP contribution is -2.16. The van der Waals surface area contributed by atoms with Crippen molar-refractivity contribution < 1.29 is 0 Å². The van der Waals surface area contributed by atoms with E-state index in [1.165, 1.54) is 82.5 Å². The van der Waals surface area contributed by atoms with E-state index in [0.717, 1.165) is 11.4 Å². The highest BCUT2D eigenvalue weighted by Crippen LogP contribution is 2.55. The molecule has 0 heterocycles. The van der Waals surface area contributed by atoms with Gasteiger partial charge in [-0.3, -0.25) is 0 Å². The Hall–Kier alpha value is -6.44. The third-order valence-electron chi connectivity index (χ3n) is 11.2. The summed E-state index contributed by atoms with van der Waals surface area (Å²) >= 11 is 0. The van der Waals surface area contributed by atoms with Gasteiger partial charge in [0, 0.05) is 22.2 Å². The van der Waals surface area contributed by atoms with Gasteiger partial charge in [-0.15, -0.1) is 0 Å². The second kappa shape index (κ2) is 11.8. The maximum absolute atomic E-state index is 2.48. The second-order valence-electron chi connectivity index (χ2n) is 14.5. The van der Waals surface area contributed by atoms with Gasteiger partial charge in [-0.1, -0.05) is 172 Å². The van der Waals surface area contributed by atoms with E-state index in [0.29, 0.717) is 0 Å². The van der Waals surface area contributed by atoms with Crippen LogP contribution in [0.1, 0.15) is 25.0 Å². The summed E-state index contributed by atoms with van der Waals surface area (Å²) in [6, 6.07) is 69.1. The molecular weight excluding hydrogens is 627 g/mol. The van der Waals surface area contributed by atoms with Crippen LogP contribution in [-0.4, -0.2) is 0 Å². The number of nitrogens with zero attached hydrogens (tertiary/aromatic N) is 1. The van der Waals surface area contributed by atoms with Crippen molar-refractivity contribution in [2.24, 2.45) is 0 Å². The molecule has 0 fully saturated rings. The molecule has 246 valence electrons. The Morgan fingerprint density at radius 2 is 0.981 bits per heavy atom. The third kappa shape index (κ3) is 4.63. The predicted molar refractivity (Wildman–Crippen MR) is 222 cm³/mol. The first kappa shape index (κ1) is 30.4. The van der Waals surface area contributed by atoms with Crippen molar-refractivity contribution in [3.05, 3.63) is 199 Å². The van der Waals surface area contributed by atoms with Gasteiger partial charge in [0.05, 0.1) is 11.4 Å². The topological polar surface area (TPSA) is 3.24 Å². The smallest absolute Gasteiger partial charge is 0.0543 e. The minimum Gasteiger partial charge on any atom is -0.309 e. The summed E-state index contributed by atoms with van der Waals surface area (Å²) in [5.74, 6) is 0. The lowest BCUT2D eigenvalue weighted by Gasteiger charge is -2.30. The average Bonchev–Trinajstić information content (AvgIpc) is 3.44. The zero-order valence-electron chi connectivity index (χ0n) is 29.3. The maximum Gasteiger partial charge on any atom is 0.0543 e. The van der Waals surface area contributed by atoms with Crippen molar-refractivity contribution in [1.82, 2.24) is 0 Å². The monoisotopic (exact) mass is 663 g/mol. The summed E-state index contributed by atoms with van der Waals surface area (Å²) < 4.78 is 0. The van der Waals surface area contributed by atoms with Crippen molar-refractivity contribution in [1.29, 1.82) is 0 Å². The summed E-state index contributed by atoms with van der Waals surface area (Å²) in [5, 5.41) is 7.70. The van der Waals surface area contributed by atoms with Gasteiger partial charge in [-0.2, -0.15) is 0 Å². The molecule has 10 rings (SSSR count). The summed E-state index contributed by atoms with van der Waals surface area (Å²) in [6.07, 6.45) is 0. The normalized spacial score (nSPS) is 13.0. The highest BCUT2D eigenvalue weighted by atomic mass is 15.1. The summed E-state index contributed by atoms with van der Waals surface area (Å²) in [5.41, 5.74) is 13.6.